The number of carbonyl (C=O) groups is 1. The maximum Gasteiger partial charge on any atom is 0.243 e. The van der Waals surface area contributed by atoms with Crippen molar-refractivity contribution < 1.29 is 4.79 Å². The van der Waals surface area contributed by atoms with Crippen molar-refractivity contribution in [2.24, 2.45) is 5.10 Å². The van der Waals surface area contributed by atoms with Gasteiger partial charge in [0.1, 0.15) is 0 Å². The fourth-order valence-corrected chi connectivity index (χ4v) is 0.331. The molecule has 0 unspecified atom stereocenters. The first-order chi connectivity index (χ1) is 4.81. The molecule has 0 saturated heterocycles. The molecular weight excluding hydrogens is 130 g/mol. The first-order valence-electron chi connectivity index (χ1n) is 2.89. The van der Waals surface area contributed by atoms with Crippen LogP contribution >= 0.6 is 0 Å². The molecule has 1 amide bonds. The number of rotatable bonds is 3. The van der Waals surface area contributed by atoms with Crippen LogP contribution in [0.15, 0.2) is 17.3 Å². The van der Waals surface area contributed by atoms with Crippen molar-refractivity contribution in [3.8, 4) is 0 Å². The van der Waals surface area contributed by atoms with E-state index in [1.54, 1.807) is 20.2 Å². The van der Waals surface area contributed by atoms with E-state index in [4.69, 9.17) is 0 Å². The molecule has 2 N–H and O–H groups in total. The third kappa shape index (κ3) is 4.83. The Labute approximate surface area is 60.0 Å². The predicted molar refractivity (Wildman–Crippen MR) is 40.8 cm³/mol. The Bertz CT molecular complexity index is 151. The molecule has 0 aliphatic rings. The van der Waals surface area contributed by atoms with Gasteiger partial charge in [0.15, 0.2) is 0 Å². The quantitative estimate of drug-likeness (QED) is 0.316. The summed E-state index contributed by atoms with van der Waals surface area (Å²) in [4.78, 5) is 10.5. The van der Waals surface area contributed by atoms with Crippen LogP contribution in [-0.2, 0) is 4.79 Å². The van der Waals surface area contributed by atoms with Crippen molar-refractivity contribution in [2.75, 3.05) is 14.1 Å². The van der Waals surface area contributed by atoms with Gasteiger partial charge in [-0.05, 0) is 6.08 Å². The zero-order valence-corrected chi connectivity index (χ0v) is 6.09. The third-order valence-corrected chi connectivity index (χ3v) is 0.784. The predicted octanol–water partition coefficient (Wildman–Crippen LogP) is -0.506. The van der Waals surface area contributed by atoms with E-state index in [1.807, 2.05) is 0 Å². The van der Waals surface area contributed by atoms with Gasteiger partial charge in [0.25, 0.3) is 0 Å². The zero-order chi connectivity index (χ0) is 7.82. The Morgan fingerprint density at radius 2 is 2.20 bits per heavy atom. The molecule has 56 valence electrons. The summed E-state index contributed by atoms with van der Waals surface area (Å²) < 4.78 is 0. The molecule has 0 saturated carbocycles. The number of nitrogens with one attached hydrogen (secondary N) is 2. The molecule has 0 atom stereocenters. The van der Waals surface area contributed by atoms with Gasteiger partial charge < -0.3 is 10.7 Å². The van der Waals surface area contributed by atoms with Gasteiger partial charge in [0.05, 0.1) is 0 Å². The molecule has 4 heteroatoms. The van der Waals surface area contributed by atoms with Crippen molar-refractivity contribution in [1.82, 2.24) is 10.7 Å². The van der Waals surface area contributed by atoms with Gasteiger partial charge in [0, 0.05) is 26.4 Å². The zero-order valence-electron chi connectivity index (χ0n) is 6.09. The molecule has 0 radical (unpaired) electrons. The van der Waals surface area contributed by atoms with Crippen molar-refractivity contribution in [2.45, 2.75) is 0 Å². The maximum absolute atomic E-state index is 10.5. The van der Waals surface area contributed by atoms with Crippen LogP contribution in [0.1, 0.15) is 0 Å². The van der Waals surface area contributed by atoms with E-state index in [1.165, 1.54) is 12.3 Å². The molecule has 0 aromatic heterocycles. The van der Waals surface area contributed by atoms with Gasteiger partial charge in [-0.15, -0.1) is 0 Å². The molecule has 0 aliphatic carbocycles. The molecular formula is C6H11N3O. The summed E-state index contributed by atoms with van der Waals surface area (Å²) in [5.74, 6) is -0.137. The Kier molecular flexibility index (Phi) is 5.04. The van der Waals surface area contributed by atoms with Crippen LogP contribution < -0.4 is 10.7 Å². The minimum absolute atomic E-state index is 0.137. The normalized spacial score (nSPS) is 10.6. The van der Waals surface area contributed by atoms with Crippen molar-refractivity contribution in [3.63, 3.8) is 0 Å². The molecule has 0 rings (SSSR count). The molecule has 0 bridgehead atoms. The summed E-state index contributed by atoms with van der Waals surface area (Å²) in [6.45, 7) is 0. The molecule has 10 heavy (non-hydrogen) atoms. The standard InChI is InChI=1S/C6H11N3O/c1-7-6(10)4-3-5-9-8-2/h3-5,8H,1-2H3,(H,7,10)/b4-3+,9-5-. The van der Waals surface area contributed by atoms with Gasteiger partial charge in [-0.2, -0.15) is 5.10 Å². The Morgan fingerprint density at radius 1 is 1.50 bits per heavy atom. The summed E-state index contributed by atoms with van der Waals surface area (Å²) in [5, 5.41) is 6.07. The number of hydrazone groups is 1. The lowest BCUT2D eigenvalue weighted by Gasteiger charge is -1.86. The van der Waals surface area contributed by atoms with Crippen LogP contribution in [-0.4, -0.2) is 26.2 Å². The number of allylic oxidation sites excluding steroid dienone is 1. The number of likely N-dealkylation sites (N-methyl/N-ethyl adjacent to an activating group) is 1. The summed E-state index contributed by atoms with van der Waals surface area (Å²) in [7, 11) is 3.26. The third-order valence-electron chi connectivity index (χ3n) is 0.784. The van der Waals surface area contributed by atoms with Crippen LogP contribution in [0.2, 0.25) is 0 Å². The van der Waals surface area contributed by atoms with E-state index in [0.717, 1.165) is 0 Å². The second-order valence-corrected chi connectivity index (χ2v) is 1.48. The molecule has 0 aromatic carbocycles. The number of hydrogen-bond acceptors (Lipinski definition) is 3. The summed E-state index contributed by atoms with van der Waals surface area (Å²) in [6.07, 6.45) is 4.44. The van der Waals surface area contributed by atoms with E-state index in [-0.39, 0.29) is 5.91 Å². The van der Waals surface area contributed by atoms with E-state index in [9.17, 15) is 4.79 Å². The highest BCUT2D eigenvalue weighted by molar-refractivity contribution is 5.91. The maximum atomic E-state index is 10.5. The second-order valence-electron chi connectivity index (χ2n) is 1.48. The monoisotopic (exact) mass is 141 g/mol. The Balaban J connectivity index is 3.55. The lowest BCUT2D eigenvalue weighted by atomic mass is 10.5. The topological polar surface area (TPSA) is 53.5 Å². The number of nitrogens with zero attached hydrogens (tertiary/aromatic N) is 1. The minimum atomic E-state index is -0.137. The number of amides is 1. The van der Waals surface area contributed by atoms with Gasteiger partial charge >= 0.3 is 0 Å². The lowest BCUT2D eigenvalue weighted by molar-refractivity contribution is -0.116. The van der Waals surface area contributed by atoms with Crippen LogP contribution in [0.4, 0.5) is 0 Å². The molecule has 4 nitrogen and oxygen atoms in total. The van der Waals surface area contributed by atoms with Gasteiger partial charge in [-0.1, -0.05) is 0 Å². The fraction of sp³-hybridized carbons (Fsp3) is 0.333. The van der Waals surface area contributed by atoms with Crippen LogP contribution in [0.5, 0.6) is 0 Å². The SMILES string of the molecule is CN/N=C\C=C\C(=O)NC. The average molecular weight is 141 g/mol. The first-order valence-corrected chi connectivity index (χ1v) is 2.89. The van der Waals surface area contributed by atoms with Crippen molar-refractivity contribution >= 4 is 12.1 Å². The Hall–Kier alpha value is -1.32. The summed E-state index contributed by atoms with van der Waals surface area (Å²) in [6, 6.07) is 0. The smallest absolute Gasteiger partial charge is 0.243 e. The number of hydrogen-bond donors (Lipinski definition) is 2. The minimum Gasteiger partial charge on any atom is -0.356 e. The lowest BCUT2D eigenvalue weighted by Crippen LogP contribution is -2.14. The van der Waals surface area contributed by atoms with Gasteiger partial charge in [0.2, 0.25) is 5.91 Å². The molecule has 0 spiro atoms. The highest BCUT2D eigenvalue weighted by Crippen LogP contribution is 1.67. The summed E-state index contributed by atoms with van der Waals surface area (Å²) >= 11 is 0. The van der Waals surface area contributed by atoms with Crippen molar-refractivity contribution in [1.29, 1.82) is 0 Å². The fourth-order valence-electron chi connectivity index (χ4n) is 0.331. The van der Waals surface area contributed by atoms with Crippen LogP contribution in [0, 0.1) is 0 Å². The largest absolute Gasteiger partial charge is 0.356 e. The van der Waals surface area contributed by atoms with Crippen molar-refractivity contribution in [3.05, 3.63) is 12.2 Å². The average Bonchev–Trinajstić information content (AvgIpc) is 1.98. The van der Waals surface area contributed by atoms with E-state index < -0.39 is 0 Å². The van der Waals surface area contributed by atoms with Crippen LogP contribution in [0.3, 0.4) is 0 Å². The second kappa shape index (κ2) is 5.81. The molecule has 0 fully saturated rings. The van der Waals surface area contributed by atoms with E-state index in [0.29, 0.717) is 0 Å². The first kappa shape index (κ1) is 8.68. The van der Waals surface area contributed by atoms with Crippen LogP contribution in [0.25, 0.3) is 0 Å². The molecule has 0 aliphatic heterocycles. The van der Waals surface area contributed by atoms with E-state index in [2.05, 4.69) is 15.8 Å². The highest BCUT2D eigenvalue weighted by Gasteiger charge is 1.83. The summed E-state index contributed by atoms with van der Waals surface area (Å²) in [5.41, 5.74) is 2.55. The Morgan fingerprint density at radius 3 is 2.70 bits per heavy atom. The highest BCUT2D eigenvalue weighted by atomic mass is 16.1. The number of carbonyl (C=O) groups excluding carboxylic acids is 1. The van der Waals surface area contributed by atoms with Gasteiger partial charge in [-0.3, -0.25) is 4.79 Å². The molecule has 0 aromatic rings. The molecule has 0 heterocycles. The van der Waals surface area contributed by atoms with Gasteiger partial charge in [-0.25, -0.2) is 0 Å². The van der Waals surface area contributed by atoms with E-state index >= 15 is 0 Å².